The van der Waals surface area contributed by atoms with Gasteiger partial charge in [-0.2, -0.15) is 0 Å². The van der Waals surface area contributed by atoms with Crippen molar-refractivity contribution in [2.24, 2.45) is 5.92 Å². The lowest BCUT2D eigenvalue weighted by Gasteiger charge is -2.23. The quantitative estimate of drug-likeness (QED) is 0.931. The summed E-state index contributed by atoms with van der Waals surface area (Å²) in [5, 5.41) is 13.0. The highest BCUT2D eigenvalue weighted by Crippen LogP contribution is 2.27. The SMILES string of the molecule is O=C(NCc1nnc(-c2ccccc2)s1)C1CCC1. The molecule has 3 rings (SSSR count). The lowest BCUT2D eigenvalue weighted by Crippen LogP contribution is -2.33. The van der Waals surface area contributed by atoms with E-state index in [0.29, 0.717) is 6.54 Å². The molecular formula is C14H15N3OS. The van der Waals surface area contributed by atoms with Crippen LogP contribution in [0.25, 0.3) is 10.6 Å². The molecule has 1 N–H and O–H groups in total. The van der Waals surface area contributed by atoms with Crippen molar-refractivity contribution >= 4 is 17.2 Å². The van der Waals surface area contributed by atoms with Crippen molar-refractivity contribution in [1.29, 1.82) is 0 Å². The molecule has 1 aromatic heterocycles. The molecule has 0 saturated heterocycles. The van der Waals surface area contributed by atoms with Gasteiger partial charge in [0.05, 0.1) is 6.54 Å². The molecule has 1 aromatic carbocycles. The molecule has 1 saturated carbocycles. The highest BCUT2D eigenvalue weighted by Gasteiger charge is 2.24. The van der Waals surface area contributed by atoms with Gasteiger partial charge in [0.25, 0.3) is 0 Å². The second-order valence-corrected chi connectivity index (χ2v) is 5.77. The Kier molecular flexibility index (Phi) is 3.55. The molecule has 5 heteroatoms. The van der Waals surface area contributed by atoms with Crippen molar-refractivity contribution in [1.82, 2.24) is 15.5 Å². The summed E-state index contributed by atoms with van der Waals surface area (Å²) in [6, 6.07) is 9.96. The van der Waals surface area contributed by atoms with E-state index in [9.17, 15) is 4.79 Å². The molecule has 19 heavy (non-hydrogen) atoms. The normalized spacial score (nSPS) is 14.9. The molecule has 2 aromatic rings. The van der Waals surface area contributed by atoms with E-state index in [1.807, 2.05) is 30.3 Å². The molecule has 4 nitrogen and oxygen atoms in total. The van der Waals surface area contributed by atoms with Crippen molar-refractivity contribution in [2.45, 2.75) is 25.8 Å². The maximum absolute atomic E-state index is 11.7. The van der Waals surface area contributed by atoms with Crippen LogP contribution in [0.5, 0.6) is 0 Å². The maximum Gasteiger partial charge on any atom is 0.223 e. The molecule has 1 amide bonds. The Hall–Kier alpha value is -1.75. The van der Waals surface area contributed by atoms with Crippen LogP contribution < -0.4 is 5.32 Å². The van der Waals surface area contributed by atoms with E-state index in [4.69, 9.17) is 0 Å². The van der Waals surface area contributed by atoms with Gasteiger partial charge in [-0.05, 0) is 12.8 Å². The molecule has 0 radical (unpaired) electrons. The molecule has 0 unspecified atom stereocenters. The number of nitrogens with zero attached hydrogens (tertiary/aromatic N) is 2. The van der Waals surface area contributed by atoms with Crippen molar-refractivity contribution in [3.05, 3.63) is 35.3 Å². The third kappa shape index (κ3) is 2.81. The van der Waals surface area contributed by atoms with Crippen LogP contribution in [-0.4, -0.2) is 16.1 Å². The third-order valence-electron chi connectivity index (χ3n) is 3.38. The minimum Gasteiger partial charge on any atom is -0.349 e. The number of carbonyl (C=O) groups is 1. The number of carbonyl (C=O) groups excluding carboxylic acids is 1. The number of benzene rings is 1. The monoisotopic (exact) mass is 273 g/mol. The third-order valence-corrected chi connectivity index (χ3v) is 4.35. The fourth-order valence-corrected chi connectivity index (χ4v) is 2.78. The van der Waals surface area contributed by atoms with Gasteiger partial charge in [0.2, 0.25) is 5.91 Å². The predicted octanol–water partition coefficient (Wildman–Crippen LogP) is 2.62. The van der Waals surface area contributed by atoms with E-state index in [1.165, 1.54) is 17.8 Å². The highest BCUT2D eigenvalue weighted by molar-refractivity contribution is 7.14. The van der Waals surface area contributed by atoms with Crippen LogP contribution in [0.1, 0.15) is 24.3 Å². The summed E-state index contributed by atoms with van der Waals surface area (Å²) in [5.74, 6) is 0.379. The second-order valence-electron chi connectivity index (χ2n) is 4.71. The minimum atomic E-state index is 0.155. The number of hydrogen-bond donors (Lipinski definition) is 1. The average Bonchev–Trinajstić information content (AvgIpc) is 2.84. The van der Waals surface area contributed by atoms with Crippen LogP contribution in [0.4, 0.5) is 0 Å². The van der Waals surface area contributed by atoms with Crippen LogP contribution >= 0.6 is 11.3 Å². The van der Waals surface area contributed by atoms with Crippen LogP contribution in [0.2, 0.25) is 0 Å². The molecule has 0 bridgehead atoms. The predicted molar refractivity (Wildman–Crippen MR) is 74.5 cm³/mol. The highest BCUT2D eigenvalue weighted by atomic mass is 32.1. The Morgan fingerprint density at radius 2 is 2.05 bits per heavy atom. The summed E-state index contributed by atoms with van der Waals surface area (Å²) in [5.41, 5.74) is 1.07. The topological polar surface area (TPSA) is 54.9 Å². The van der Waals surface area contributed by atoms with Gasteiger partial charge in [0, 0.05) is 11.5 Å². The molecular weight excluding hydrogens is 258 g/mol. The van der Waals surface area contributed by atoms with Crippen molar-refractivity contribution < 1.29 is 4.79 Å². The molecule has 98 valence electrons. The van der Waals surface area contributed by atoms with Gasteiger partial charge in [0.1, 0.15) is 10.0 Å². The standard InChI is InChI=1S/C14H15N3OS/c18-13(10-7-4-8-10)15-9-12-16-17-14(19-12)11-5-2-1-3-6-11/h1-3,5-6,10H,4,7-9H2,(H,15,18). The summed E-state index contributed by atoms with van der Waals surface area (Å²) in [4.78, 5) is 11.7. The zero-order valence-electron chi connectivity index (χ0n) is 10.5. The first kappa shape index (κ1) is 12.3. The molecule has 1 heterocycles. The lowest BCUT2D eigenvalue weighted by atomic mass is 9.85. The van der Waals surface area contributed by atoms with Gasteiger partial charge < -0.3 is 5.32 Å². The van der Waals surface area contributed by atoms with Crippen LogP contribution in [0.3, 0.4) is 0 Å². The van der Waals surface area contributed by atoms with Gasteiger partial charge >= 0.3 is 0 Å². The Morgan fingerprint density at radius 3 is 2.74 bits per heavy atom. The fraction of sp³-hybridized carbons (Fsp3) is 0.357. The Bertz CT molecular complexity index is 563. The first-order chi connectivity index (χ1) is 9.33. The van der Waals surface area contributed by atoms with E-state index in [2.05, 4.69) is 15.5 Å². The Labute approximate surface area is 115 Å². The molecule has 0 atom stereocenters. The van der Waals surface area contributed by atoms with E-state index in [1.54, 1.807) is 0 Å². The molecule has 1 aliphatic carbocycles. The first-order valence-corrected chi connectivity index (χ1v) is 7.30. The van der Waals surface area contributed by atoms with Gasteiger partial charge in [-0.1, -0.05) is 48.1 Å². The smallest absolute Gasteiger partial charge is 0.223 e. The van der Waals surface area contributed by atoms with Crippen LogP contribution in [0, 0.1) is 5.92 Å². The van der Waals surface area contributed by atoms with E-state index < -0.39 is 0 Å². The molecule has 1 fully saturated rings. The van der Waals surface area contributed by atoms with Crippen molar-refractivity contribution in [3.63, 3.8) is 0 Å². The lowest BCUT2D eigenvalue weighted by molar-refractivity contribution is -0.127. The van der Waals surface area contributed by atoms with Crippen molar-refractivity contribution in [2.75, 3.05) is 0 Å². The van der Waals surface area contributed by atoms with E-state index in [-0.39, 0.29) is 11.8 Å². The average molecular weight is 273 g/mol. The largest absolute Gasteiger partial charge is 0.349 e. The van der Waals surface area contributed by atoms with Crippen molar-refractivity contribution in [3.8, 4) is 10.6 Å². The molecule has 0 spiro atoms. The summed E-state index contributed by atoms with van der Waals surface area (Å²) >= 11 is 1.53. The van der Waals surface area contributed by atoms with Gasteiger partial charge in [-0.25, -0.2) is 0 Å². The number of rotatable bonds is 4. The summed E-state index contributed by atoms with van der Waals surface area (Å²) in [7, 11) is 0. The minimum absolute atomic E-state index is 0.155. The summed E-state index contributed by atoms with van der Waals surface area (Å²) < 4.78 is 0. The van der Waals surface area contributed by atoms with E-state index >= 15 is 0 Å². The maximum atomic E-state index is 11.7. The van der Waals surface area contributed by atoms with Crippen LogP contribution in [0.15, 0.2) is 30.3 Å². The number of nitrogens with one attached hydrogen (secondary N) is 1. The number of aromatic nitrogens is 2. The number of amides is 1. The summed E-state index contributed by atoms with van der Waals surface area (Å²) in [6.07, 6.45) is 3.23. The van der Waals surface area contributed by atoms with Gasteiger partial charge in [0.15, 0.2) is 0 Å². The van der Waals surface area contributed by atoms with Gasteiger partial charge in [-0.15, -0.1) is 10.2 Å². The van der Waals surface area contributed by atoms with E-state index in [0.717, 1.165) is 28.4 Å². The Balaban J connectivity index is 1.60. The zero-order chi connectivity index (χ0) is 13.1. The zero-order valence-corrected chi connectivity index (χ0v) is 11.3. The summed E-state index contributed by atoms with van der Waals surface area (Å²) in [6.45, 7) is 0.486. The van der Waals surface area contributed by atoms with Crippen LogP contribution in [-0.2, 0) is 11.3 Å². The second kappa shape index (κ2) is 5.48. The van der Waals surface area contributed by atoms with Gasteiger partial charge in [-0.3, -0.25) is 4.79 Å². The first-order valence-electron chi connectivity index (χ1n) is 6.48. The Morgan fingerprint density at radius 1 is 1.26 bits per heavy atom. The fourth-order valence-electron chi connectivity index (χ4n) is 2.00. The molecule has 0 aliphatic heterocycles. The number of hydrogen-bond acceptors (Lipinski definition) is 4. The molecule has 1 aliphatic rings.